The maximum absolute atomic E-state index is 12.6. The average Bonchev–Trinajstić information content (AvgIpc) is 2.93. The van der Waals surface area contributed by atoms with Gasteiger partial charge < -0.3 is 5.32 Å². The van der Waals surface area contributed by atoms with Crippen LogP contribution in [0.15, 0.2) is 59.5 Å². The number of amides is 1. The Morgan fingerprint density at radius 2 is 1.79 bits per heavy atom. The average molecular weight is 398 g/mol. The van der Waals surface area contributed by atoms with Crippen molar-refractivity contribution < 1.29 is 13.2 Å². The molecule has 0 radical (unpaired) electrons. The number of rotatable bonds is 6. The molecule has 3 aromatic rings. The van der Waals surface area contributed by atoms with E-state index in [1.165, 1.54) is 12.1 Å². The zero-order chi connectivity index (χ0) is 20.3. The van der Waals surface area contributed by atoms with E-state index in [1.807, 2.05) is 37.3 Å². The van der Waals surface area contributed by atoms with Gasteiger partial charge in [0.1, 0.15) is 0 Å². The third-order valence-corrected chi connectivity index (χ3v) is 5.86. The Kier molecular flexibility index (Phi) is 5.62. The minimum Gasteiger partial charge on any atom is -0.319 e. The van der Waals surface area contributed by atoms with E-state index in [-0.39, 0.29) is 22.9 Å². The van der Waals surface area contributed by atoms with Crippen molar-refractivity contribution in [1.82, 2.24) is 14.5 Å². The van der Waals surface area contributed by atoms with Crippen LogP contribution in [0.3, 0.4) is 0 Å². The molecule has 0 aliphatic carbocycles. The number of benzene rings is 2. The Morgan fingerprint density at radius 3 is 2.43 bits per heavy atom. The van der Waals surface area contributed by atoms with Gasteiger partial charge in [0.15, 0.2) is 0 Å². The number of aromatic nitrogens is 2. The third kappa shape index (κ3) is 4.29. The lowest BCUT2D eigenvalue weighted by atomic mass is 10.2. The summed E-state index contributed by atoms with van der Waals surface area (Å²) in [5.41, 5.74) is 3.25. The lowest BCUT2D eigenvalue weighted by Crippen LogP contribution is -2.23. The van der Waals surface area contributed by atoms with Crippen LogP contribution in [0.1, 0.15) is 27.3 Å². The van der Waals surface area contributed by atoms with Crippen molar-refractivity contribution in [3.63, 3.8) is 0 Å². The summed E-state index contributed by atoms with van der Waals surface area (Å²) in [5.74, 6) is -0.390. The molecule has 0 fully saturated rings. The standard InChI is InChI=1S/C20H22N4O3S/c1-14-19(15(2)24(3)23-14)22-20(25)17-10-7-11-18(12-17)28(26,27)21-13-16-8-5-4-6-9-16/h4-12,21H,13H2,1-3H3,(H,22,25). The molecule has 3 rings (SSSR count). The second kappa shape index (κ2) is 7.95. The molecular weight excluding hydrogens is 376 g/mol. The van der Waals surface area contributed by atoms with Crippen LogP contribution in [0.4, 0.5) is 5.69 Å². The molecule has 0 spiro atoms. The van der Waals surface area contributed by atoms with E-state index in [0.29, 0.717) is 11.4 Å². The van der Waals surface area contributed by atoms with Crippen molar-refractivity contribution in [3.8, 4) is 0 Å². The minimum atomic E-state index is -3.75. The molecule has 0 saturated carbocycles. The number of hydrogen-bond donors (Lipinski definition) is 2. The lowest BCUT2D eigenvalue weighted by molar-refractivity contribution is 0.102. The predicted molar refractivity (Wildman–Crippen MR) is 108 cm³/mol. The minimum absolute atomic E-state index is 0.0377. The first kappa shape index (κ1) is 19.8. The Morgan fingerprint density at radius 1 is 1.07 bits per heavy atom. The number of anilines is 1. The van der Waals surface area contributed by atoms with Crippen molar-refractivity contribution in [2.24, 2.45) is 7.05 Å². The van der Waals surface area contributed by atoms with Crippen LogP contribution in [0.5, 0.6) is 0 Å². The molecule has 1 heterocycles. The molecule has 1 aromatic heterocycles. The normalized spacial score (nSPS) is 11.4. The fourth-order valence-electron chi connectivity index (χ4n) is 2.80. The highest BCUT2D eigenvalue weighted by molar-refractivity contribution is 7.89. The zero-order valence-corrected chi connectivity index (χ0v) is 16.7. The molecule has 7 nitrogen and oxygen atoms in total. The lowest BCUT2D eigenvalue weighted by Gasteiger charge is -2.09. The van der Waals surface area contributed by atoms with Gasteiger partial charge >= 0.3 is 0 Å². The van der Waals surface area contributed by atoms with Gasteiger partial charge in [-0.25, -0.2) is 13.1 Å². The molecule has 2 aromatic carbocycles. The first-order chi connectivity index (χ1) is 13.3. The van der Waals surface area contributed by atoms with E-state index in [1.54, 1.807) is 30.8 Å². The molecule has 0 saturated heterocycles. The number of carbonyl (C=O) groups excluding carboxylic acids is 1. The van der Waals surface area contributed by atoms with Crippen molar-refractivity contribution in [2.75, 3.05) is 5.32 Å². The number of sulfonamides is 1. The fourth-order valence-corrected chi connectivity index (χ4v) is 3.87. The third-order valence-electron chi connectivity index (χ3n) is 4.46. The molecule has 0 aliphatic rings. The Balaban J connectivity index is 1.78. The molecule has 1 amide bonds. The Hall–Kier alpha value is -2.97. The molecule has 0 atom stereocenters. The largest absolute Gasteiger partial charge is 0.319 e. The quantitative estimate of drug-likeness (QED) is 0.668. The second-order valence-electron chi connectivity index (χ2n) is 6.46. The SMILES string of the molecule is Cc1nn(C)c(C)c1NC(=O)c1cccc(S(=O)(=O)NCc2ccccc2)c1. The van der Waals surface area contributed by atoms with Gasteiger partial charge in [-0.05, 0) is 37.6 Å². The van der Waals surface area contributed by atoms with Crippen LogP contribution >= 0.6 is 0 Å². The Labute approximate surface area is 164 Å². The van der Waals surface area contributed by atoms with Gasteiger partial charge in [-0.15, -0.1) is 0 Å². The summed E-state index contributed by atoms with van der Waals surface area (Å²) in [6.45, 7) is 3.83. The second-order valence-corrected chi connectivity index (χ2v) is 8.23. The smallest absolute Gasteiger partial charge is 0.255 e. The maximum Gasteiger partial charge on any atom is 0.255 e. The van der Waals surface area contributed by atoms with Crippen molar-refractivity contribution >= 4 is 21.6 Å². The van der Waals surface area contributed by atoms with Crippen LogP contribution in [0.25, 0.3) is 0 Å². The van der Waals surface area contributed by atoms with Crippen LogP contribution in [0, 0.1) is 13.8 Å². The summed E-state index contributed by atoms with van der Waals surface area (Å²) in [5, 5.41) is 7.08. The molecule has 0 bridgehead atoms. The number of hydrogen-bond acceptors (Lipinski definition) is 4. The highest BCUT2D eigenvalue weighted by Gasteiger charge is 2.18. The highest BCUT2D eigenvalue weighted by Crippen LogP contribution is 2.20. The number of carbonyl (C=O) groups is 1. The van der Waals surface area contributed by atoms with Gasteiger partial charge in [0.2, 0.25) is 10.0 Å². The van der Waals surface area contributed by atoms with E-state index >= 15 is 0 Å². The van der Waals surface area contributed by atoms with Gasteiger partial charge in [-0.2, -0.15) is 5.10 Å². The van der Waals surface area contributed by atoms with Crippen molar-refractivity contribution in [2.45, 2.75) is 25.3 Å². The molecule has 0 unspecified atom stereocenters. The van der Waals surface area contributed by atoms with Gasteiger partial charge in [0.25, 0.3) is 5.91 Å². The predicted octanol–water partition coefficient (Wildman–Crippen LogP) is 2.77. The van der Waals surface area contributed by atoms with Gasteiger partial charge in [-0.3, -0.25) is 9.48 Å². The zero-order valence-electron chi connectivity index (χ0n) is 15.9. The van der Waals surface area contributed by atoms with Gasteiger partial charge in [0, 0.05) is 19.2 Å². The van der Waals surface area contributed by atoms with Crippen LogP contribution in [-0.4, -0.2) is 24.1 Å². The summed E-state index contributed by atoms with van der Waals surface area (Å²) in [7, 11) is -1.95. The molecule has 146 valence electrons. The molecule has 2 N–H and O–H groups in total. The maximum atomic E-state index is 12.6. The fraction of sp³-hybridized carbons (Fsp3) is 0.200. The molecular formula is C20H22N4O3S. The monoisotopic (exact) mass is 398 g/mol. The Bertz CT molecular complexity index is 1110. The summed E-state index contributed by atoms with van der Waals surface area (Å²) < 4.78 is 29.4. The first-order valence-electron chi connectivity index (χ1n) is 8.73. The van der Waals surface area contributed by atoms with E-state index in [4.69, 9.17) is 0 Å². The van der Waals surface area contributed by atoms with Crippen LogP contribution in [0.2, 0.25) is 0 Å². The molecule has 8 heteroatoms. The van der Waals surface area contributed by atoms with Crippen LogP contribution in [-0.2, 0) is 23.6 Å². The van der Waals surface area contributed by atoms with Crippen molar-refractivity contribution in [3.05, 3.63) is 77.1 Å². The van der Waals surface area contributed by atoms with E-state index in [0.717, 1.165) is 11.3 Å². The number of aryl methyl sites for hydroxylation is 2. The first-order valence-corrected chi connectivity index (χ1v) is 10.2. The summed E-state index contributed by atoms with van der Waals surface area (Å²) in [4.78, 5) is 12.7. The highest BCUT2D eigenvalue weighted by atomic mass is 32.2. The van der Waals surface area contributed by atoms with Gasteiger partial charge in [-0.1, -0.05) is 36.4 Å². The summed E-state index contributed by atoms with van der Waals surface area (Å²) >= 11 is 0. The summed E-state index contributed by atoms with van der Waals surface area (Å²) in [6, 6.07) is 15.2. The molecule has 28 heavy (non-hydrogen) atoms. The number of nitrogens with one attached hydrogen (secondary N) is 2. The van der Waals surface area contributed by atoms with E-state index in [9.17, 15) is 13.2 Å². The van der Waals surface area contributed by atoms with Gasteiger partial charge in [0.05, 0.1) is 22.0 Å². The van der Waals surface area contributed by atoms with Crippen molar-refractivity contribution in [1.29, 1.82) is 0 Å². The molecule has 0 aliphatic heterocycles. The van der Waals surface area contributed by atoms with E-state index in [2.05, 4.69) is 15.1 Å². The number of nitrogens with zero attached hydrogens (tertiary/aromatic N) is 2. The topological polar surface area (TPSA) is 93.1 Å². The summed E-state index contributed by atoms with van der Waals surface area (Å²) in [6.07, 6.45) is 0. The van der Waals surface area contributed by atoms with Crippen LogP contribution < -0.4 is 10.0 Å². The van der Waals surface area contributed by atoms with E-state index < -0.39 is 10.0 Å².